The van der Waals surface area contributed by atoms with E-state index in [1.807, 2.05) is 24.3 Å². The van der Waals surface area contributed by atoms with E-state index in [2.05, 4.69) is 43.3 Å². The van der Waals surface area contributed by atoms with Crippen molar-refractivity contribution in [3.05, 3.63) is 61.7 Å². The Hall–Kier alpha value is -2.69. The van der Waals surface area contributed by atoms with Gasteiger partial charge < -0.3 is 10.2 Å². The fourth-order valence-corrected chi connectivity index (χ4v) is 3.75. The second-order valence-electron chi connectivity index (χ2n) is 6.67. The van der Waals surface area contributed by atoms with Crippen LogP contribution in [0.4, 0.5) is 17.1 Å². The summed E-state index contributed by atoms with van der Waals surface area (Å²) in [5.74, 6) is -0.300. The number of carbonyl (C=O) groups is 1. The van der Waals surface area contributed by atoms with Crippen LogP contribution < -0.4 is 15.6 Å². The van der Waals surface area contributed by atoms with E-state index in [4.69, 9.17) is 0 Å². The van der Waals surface area contributed by atoms with E-state index in [0.29, 0.717) is 5.56 Å². The van der Waals surface area contributed by atoms with Crippen molar-refractivity contribution in [2.75, 3.05) is 29.9 Å². The van der Waals surface area contributed by atoms with Gasteiger partial charge in [0.15, 0.2) is 0 Å². The first-order chi connectivity index (χ1) is 14.0. The third-order valence-corrected chi connectivity index (χ3v) is 5.57. The predicted molar refractivity (Wildman–Crippen MR) is 123 cm³/mol. The number of benzene rings is 2. The normalized spacial score (nSPS) is 14.0. The maximum absolute atomic E-state index is 12.1. The lowest BCUT2D eigenvalue weighted by Gasteiger charge is -2.29. The van der Waals surface area contributed by atoms with Gasteiger partial charge in [-0.3, -0.25) is 14.9 Å². The number of nitro benzene ring substituents is 1. The van der Waals surface area contributed by atoms with Crippen LogP contribution in [0.25, 0.3) is 0 Å². The Balaban J connectivity index is 1.66. The van der Waals surface area contributed by atoms with Crippen molar-refractivity contribution in [2.45, 2.75) is 19.3 Å². The standard InChI is InChI=1S/C20H22IN5O3/c21-17-6-2-3-7-18(17)22-14-20(27)24-23-13-15-12-16(26(28)29)8-9-19(15)25-10-4-1-5-11-25/h2-3,6-9,12-13,22H,1,4-5,10-11,14H2,(H,24,27)/b23-13-. The molecule has 0 atom stereocenters. The number of piperidine rings is 1. The number of hydrazone groups is 1. The number of rotatable bonds is 7. The maximum atomic E-state index is 12.1. The van der Waals surface area contributed by atoms with Gasteiger partial charge in [-0.05, 0) is 60.1 Å². The molecule has 0 saturated carbocycles. The topological polar surface area (TPSA) is 99.9 Å². The van der Waals surface area contributed by atoms with E-state index >= 15 is 0 Å². The molecule has 0 radical (unpaired) electrons. The molecule has 1 fully saturated rings. The number of carbonyl (C=O) groups excluding carboxylic acids is 1. The molecule has 2 N–H and O–H groups in total. The summed E-state index contributed by atoms with van der Waals surface area (Å²) in [4.78, 5) is 25.0. The van der Waals surface area contributed by atoms with Crippen LogP contribution >= 0.6 is 22.6 Å². The molecular formula is C20H22IN5O3. The highest BCUT2D eigenvalue weighted by atomic mass is 127. The molecule has 0 bridgehead atoms. The largest absolute Gasteiger partial charge is 0.375 e. The van der Waals surface area contributed by atoms with Crippen LogP contribution in [0.2, 0.25) is 0 Å². The Bertz CT molecular complexity index is 913. The summed E-state index contributed by atoms with van der Waals surface area (Å²) >= 11 is 2.19. The molecule has 29 heavy (non-hydrogen) atoms. The van der Waals surface area contributed by atoms with Gasteiger partial charge in [0.05, 0.1) is 17.7 Å². The lowest BCUT2D eigenvalue weighted by Crippen LogP contribution is -2.30. The summed E-state index contributed by atoms with van der Waals surface area (Å²) in [5.41, 5.74) is 4.86. The molecule has 2 aromatic carbocycles. The highest BCUT2D eigenvalue weighted by molar-refractivity contribution is 14.1. The van der Waals surface area contributed by atoms with E-state index in [1.54, 1.807) is 6.07 Å². The summed E-state index contributed by atoms with van der Waals surface area (Å²) in [5, 5.41) is 18.2. The van der Waals surface area contributed by atoms with Gasteiger partial charge in [-0.15, -0.1) is 0 Å². The van der Waals surface area contributed by atoms with Crippen molar-refractivity contribution in [1.82, 2.24) is 5.43 Å². The van der Waals surface area contributed by atoms with Crippen LogP contribution in [0, 0.1) is 13.7 Å². The van der Waals surface area contributed by atoms with Gasteiger partial charge in [0.25, 0.3) is 11.6 Å². The van der Waals surface area contributed by atoms with Crippen molar-refractivity contribution in [1.29, 1.82) is 0 Å². The number of anilines is 2. The molecule has 3 rings (SSSR count). The van der Waals surface area contributed by atoms with Crippen molar-refractivity contribution >= 4 is 51.8 Å². The van der Waals surface area contributed by atoms with Crippen LogP contribution in [-0.2, 0) is 4.79 Å². The van der Waals surface area contributed by atoms with Crippen LogP contribution in [0.15, 0.2) is 47.6 Å². The number of nitro groups is 1. The molecule has 8 nitrogen and oxygen atoms in total. The van der Waals surface area contributed by atoms with Gasteiger partial charge in [-0.25, -0.2) is 5.43 Å². The summed E-state index contributed by atoms with van der Waals surface area (Å²) < 4.78 is 1.02. The Morgan fingerprint density at radius 3 is 2.69 bits per heavy atom. The number of nitrogens with one attached hydrogen (secondary N) is 2. The first-order valence-electron chi connectivity index (χ1n) is 9.38. The highest BCUT2D eigenvalue weighted by Crippen LogP contribution is 2.27. The van der Waals surface area contributed by atoms with Gasteiger partial charge in [0.1, 0.15) is 0 Å². The first-order valence-corrected chi connectivity index (χ1v) is 10.5. The zero-order chi connectivity index (χ0) is 20.6. The number of nitrogens with zero attached hydrogens (tertiary/aromatic N) is 3. The molecule has 0 unspecified atom stereocenters. The number of para-hydroxylation sites is 1. The second kappa shape index (κ2) is 10.2. The smallest absolute Gasteiger partial charge is 0.270 e. The fraction of sp³-hybridized carbons (Fsp3) is 0.300. The van der Waals surface area contributed by atoms with Crippen LogP contribution in [0.3, 0.4) is 0 Å². The Morgan fingerprint density at radius 2 is 1.97 bits per heavy atom. The number of halogens is 1. The molecule has 0 aliphatic carbocycles. The maximum Gasteiger partial charge on any atom is 0.270 e. The number of amides is 1. The molecule has 9 heteroatoms. The Kier molecular flexibility index (Phi) is 7.39. The Morgan fingerprint density at radius 1 is 1.21 bits per heavy atom. The number of non-ortho nitro benzene ring substituents is 1. The van der Waals surface area contributed by atoms with Crippen LogP contribution in [0.5, 0.6) is 0 Å². The van der Waals surface area contributed by atoms with Crippen molar-refractivity contribution in [3.8, 4) is 0 Å². The average Bonchev–Trinajstić information content (AvgIpc) is 2.73. The van der Waals surface area contributed by atoms with Crippen LogP contribution in [0.1, 0.15) is 24.8 Å². The van der Waals surface area contributed by atoms with E-state index in [-0.39, 0.29) is 18.1 Å². The number of hydrogen-bond acceptors (Lipinski definition) is 6. The third-order valence-electron chi connectivity index (χ3n) is 4.62. The molecular weight excluding hydrogens is 485 g/mol. The van der Waals surface area contributed by atoms with E-state index in [9.17, 15) is 14.9 Å². The van der Waals surface area contributed by atoms with Gasteiger partial charge in [0.2, 0.25) is 0 Å². The van der Waals surface area contributed by atoms with Gasteiger partial charge in [-0.1, -0.05) is 12.1 Å². The Labute approximate surface area is 182 Å². The summed E-state index contributed by atoms with van der Waals surface area (Å²) in [6.07, 6.45) is 4.85. The van der Waals surface area contributed by atoms with Crippen LogP contribution in [-0.4, -0.2) is 36.7 Å². The molecule has 152 valence electrons. The van der Waals surface area contributed by atoms with Gasteiger partial charge in [0, 0.05) is 45.7 Å². The third kappa shape index (κ3) is 5.89. The van der Waals surface area contributed by atoms with Crippen molar-refractivity contribution in [2.24, 2.45) is 5.10 Å². The number of hydrogen-bond donors (Lipinski definition) is 2. The summed E-state index contributed by atoms with van der Waals surface area (Å²) in [7, 11) is 0. The average molecular weight is 507 g/mol. The second-order valence-corrected chi connectivity index (χ2v) is 7.84. The minimum Gasteiger partial charge on any atom is -0.375 e. The molecule has 2 aromatic rings. The summed E-state index contributed by atoms with van der Waals surface area (Å²) in [6.45, 7) is 1.89. The quantitative estimate of drug-likeness (QED) is 0.258. The molecule has 0 aromatic heterocycles. The summed E-state index contributed by atoms with van der Waals surface area (Å²) in [6, 6.07) is 12.4. The van der Waals surface area contributed by atoms with Gasteiger partial charge >= 0.3 is 0 Å². The minimum atomic E-state index is -0.429. The lowest BCUT2D eigenvalue weighted by molar-refractivity contribution is -0.384. The monoisotopic (exact) mass is 507 g/mol. The lowest BCUT2D eigenvalue weighted by atomic mass is 10.1. The molecule has 1 heterocycles. The van der Waals surface area contributed by atoms with E-state index in [1.165, 1.54) is 24.8 Å². The fourth-order valence-electron chi connectivity index (χ4n) is 3.18. The van der Waals surface area contributed by atoms with Gasteiger partial charge in [-0.2, -0.15) is 5.10 Å². The predicted octanol–water partition coefficient (Wildman–Crippen LogP) is 3.75. The van der Waals surface area contributed by atoms with Crippen molar-refractivity contribution in [3.63, 3.8) is 0 Å². The molecule has 1 aliphatic rings. The molecule has 1 aliphatic heterocycles. The zero-order valence-corrected chi connectivity index (χ0v) is 18.0. The van der Waals surface area contributed by atoms with Crippen molar-refractivity contribution < 1.29 is 9.72 Å². The first kappa shape index (κ1) is 21.0. The molecule has 1 saturated heterocycles. The SMILES string of the molecule is O=C(CNc1ccccc1I)N/N=C\c1cc([N+](=O)[O-])ccc1N1CCCCC1. The molecule has 0 spiro atoms. The highest BCUT2D eigenvalue weighted by Gasteiger charge is 2.17. The van der Waals surface area contributed by atoms with E-state index < -0.39 is 4.92 Å². The minimum absolute atomic E-state index is 0.00106. The zero-order valence-electron chi connectivity index (χ0n) is 15.8. The van der Waals surface area contributed by atoms with E-state index in [0.717, 1.165) is 40.9 Å². The molecule has 1 amide bonds.